The van der Waals surface area contributed by atoms with Crippen LogP contribution in [0.4, 0.5) is 0 Å². The minimum atomic E-state index is -0.996. The van der Waals surface area contributed by atoms with Crippen LogP contribution in [0.5, 0.6) is 0 Å². The van der Waals surface area contributed by atoms with E-state index in [-0.39, 0.29) is 30.3 Å². The van der Waals surface area contributed by atoms with Crippen molar-refractivity contribution in [3.63, 3.8) is 0 Å². The van der Waals surface area contributed by atoms with E-state index in [1.54, 1.807) is 12.1 Å². The summed E-state index contributed by atoms with van der Waals surface area (Å²) in [6.45, 7) is 2.24. The average molecular weight is 535 g/mol. The van der Waals surface area contributed by atoms with E-state index < -0.39 is 18.0 Å². The van der Waals surface area contributed by atoms with Crippen molar-refractivity contribution in [2.45, 2.75) is 126 Å². The summed E-state index contributed by atoms with van der Waals surface area (Å²) >= 11 is 1.49. The second-order valence-corrected chi connectivity index (χ2v) is 10.9. The first-order valence-electron chi connectivity index (χ1n) is 13.9. The molecule has 6 nitrogen and oxygen atoms in total. The average Bonchev–Trinajstić information content (AvgIpc) is 2.87. The fourth-order valence-corrected chi connectivity index (χ4v) is 5.18. The van der Waals surface area contributed by atoms with E-state index >= 15 is 0 Å². The van der Waals surface area contributed by atoms with Crippen LogP contribution >= 0.6 is 11.8 Å². The van der Waals surface area contributed by atoms with Crippen molar-refractivity contribution < 1.29 is 29.7 Å². The summed E-state index contributed by atoms with van der Waals surface area (Å²) in [5, 5.41) is 28.2. The number of thioether (sulfide) groups is 1. The summed E-state index contributed by atoms with van der Waals surface area (Å²) in [4.78, 5) is 34.6. The largest absolute Gasteiger partial charge is 0.481 e. The summed E-state index contributed by atoms with van der Waals surface area (Å²) in [6.07, 6.45) is 17.9. The van der Waals surface area contributed by atoms with E-state index in [1.165, 1.54) is 69.5 Å². The number of rotatable bonds is 23. The third-order valence-electron chi connectivity index (χ3n) is 6.33. The Bertz CT molecular complexity index is 805. The molecule has 0 saturated carbocycles. The number of benzene rings is 1. The van der Waals surface area contributed by atoms with Gasteiger partial charge in [-0.05, 0) is 37.8 Å². The minimum Gasteiger partial charge on any atom is -0.481 e. The van der Waals surface area contributed by atoms with Crippen molar-refractivity contribution in [2.75, 3.05) is 0 Å². The van der Waals surface area contributed by atoms with Crippen molar-refractivity contribution in [3.05, 3.63) is 42.0 Å². The Hall–Kier alpha value is -2.12. The number of carbonyl (C=O) groups is 3. The van der Waals surface area contributed by atoms with Crippen molar-refractivity contribution >= 4 is 29.5 Å². The molecule has 37 heavy (non-hydrogen) atoms. The number of carboxylic acids is 2. The van der Waals surface area contributed by atoms with Gasteiger partial charge in [0.25, 0.3) is 0 Å². The Morgan fingerprint density at radius 2 is 1.35 bits per heavy atom. The number of allylic oxidation sites excluding steroid dienone is 1. The highest BCUT2D eigenvalue weighted by atomic mass is 32.2. The molecule has 0 aliphatic rings. The molecule has 0 fully saturated rings. The maximum atomic E-state index is 12.1. The Kier molecular flexibility index (Phi) is 18.6. The normalized spacial score (nSPS) is 13.0. The van der Waals surface area contributed by atoms with Crippen LogP contribution in [0, 0.1) is 0 Å². The first-order valence-corrected chi connectivity index (χ1v) is 14.8. The van der Waals surface area contributed by atoms with E-state index in [0.717, 1.165) is 17.7 Å². The van der Waals surface area contributed by atoms with Crippen molar-refractivity contribution in [1.82, 2.24) is 0 Å². The van der Waals surface area contributed by atoms with E-state index in [2.05, 4.69) is 13.0 Å². The first-order chi connectivity index (χ1) is 17.8. The molecule has 3 N–H and O–H groups in total. The molecule has 0 heterocycles. The lowest BCUT2D eigenvalue weighted by Crippen LogP contribution is -2.21. The lowest BCUT2D eigenvalue weighted by molar-refractivity contribution is -0.138. The van der Waals surface area contributed by atoms with Gasteiger partial charge in [0.1, 0.15) is 0 Å². The number of Topliss-reactive ketones (excluding diaryl/α,β-unsaturated/α-hetero) is 1. The zero-order chi connectivity index (χ0) is 27.3. The van der Waals surface area contributed by atoms with Crippen LogP contribution in [0.15, 0.2) is 41.3 Å². The zero-order valence-electron chi connectivity index (χ0n) is 22.4. The molecule has 1 rings (SSSR count). The van der Waals surface area contributed by atoms with Gasteiger partial charge in [-0.1, -0.05) is 89.0 Å². The lowest BCUT2D eigenvalue weighted by Gasteiger charge is -2.19. The number of unbranched alkanes of at least 4 members (excludes halogenated alkanes) is 10. The van der Waals surface area contributed by atoms with Gasteiger partial charge in [-0.25, -0.2) is 0 Å². The van der Waals surface area contributed by atoms with Gasteiger partial charge in [0.05, 0.1) is 17.8 Å². The Morgan fingerprint density at radius 1 is 0.784 bits per heavy atom. The van der Waals surface area contributed by atoms with Gasteiger partial charge in [0, 0.05) is 23.3 Å². The summed E-state index contributed by atoms with van der Waals surface area (Å²) in [6, 6.07) is 7.00. The molecule has 7 heteroatoms. The van der Waals surface area contributed by atoms with Crippen LogP contribution in [0.1, 0.15) is 120 Å². The van der Waals surface area contributed by atoms with E-state index in [4.69, 9.17) is 10.2 Å². The van der Waals surface area contributed by atoms with Gasteiger partial charge in [0.2, 0.25) is 0 Å². The highest BCUT2D eigenvalue weighted by Gasteiger charge is 2.18. The third-order valence-corrected chi connectivity index (χ3v) is 7.62. The number of carbonyl (C=O) groups excluding carboxylic acids is 1. The first kappa shape index (κ1) is 32.9. The molecular weight excluding hydrogens is 488 g/mol. The van der Waals surface area contributed by atoms with E-state index in [1.807, 2.05) is 18.2 Å². The molecule has 208 valence electrons. The standard InChI is InChI=1S/C30H46O6S/c1-2-3-4-5-6-7-8-9-10-11-12-13-16-28(27(32)15-14-17-29(33)34)37-25-20-18-24(19-21-25)26(31)22-23-30(35)36/h13,16,18-21,27-28,32H,2-12,14-15,17,22-23H2,1H3,(H,33,34)(H,35,36)/b16-13-/t27-,28+/m0/s1. The summed E-state index contributed by atoms with van der Waals surface area (Å²) < 4.78 is 0. The quantitative estimate of drug-likeness (QED) is 0.0571. The van der Waals surface area contributed by atoms with Gasteiger partial charge >= 0.3 is 11.9 Å². The zero-order valence-corrected chi connectivity index (χ0v) is 23.2. The number of aliphatic carboxylic acids is 2. The molecule has 1 aromatic carbocycles. The molecule has 0 aliphatic heterocycles. The van der Waals surface area contributed by atoms with Crippen LogP contribution in [0.25, 0.3) is 0 Å². The molecule has 0 aliphatic carbocycles. The molecule has 0 spiro atoms. The molecule has 0 aromatic heterocycles. The van der Waals surface area contributed by atoms with Crippen LogP contribution in [0.3, 0.4) is 0 Å². The number of ketones is 1. The molecule has 0 unspecified atom stereocenters. The monoisotopic (exact) mass is 534 g/mol. The van der Waals surface area contributed by atoms with Crippen LogP contribution in [-0.2, 0) is 9.59 Å². The summed E-state index contributed by atoms with van der Waals surface area (Å²) in [5.41, 5.74) is 0.473. The van der Waals surface area contributed by atoms with Gasteiger partial charge < -0.3 is 15.3 Å². The van der Waals surface area contributed by atoms with Crippen LogP contribution in [-0.4, -0.2) is 44.4 Å². The summed E-state index contributed by atoms with van der Waals surface area (Å²) in [5.74, 6) is -2.07. The van der Waals surface area contributed by atoms with Crippen molar-refractivity contribution in [1.29, 1.82) is 0 Å². The molecule has 0 amide bonds. The van der Waals surface area contributed by atoms with Crippen molar-refractivity contribution in [3.8, 4) is 0 Å². The molecule has 0 bridgehead atoms. The molecule has 1 aromatic rings. The third kappa shape index (κ3) is 17.1. The fraction of sp³-hybridized carbons (Fsp3) is 0.633. The van der Waals surface area contributed by atoms with Gasteiger partial charge in [0.15, 0.2) is 5.78 Å². The minimum absolute atomic E-state index is 0.0317. The van der Waals surface area contributed by atoms with Gasteiger partial charge in [-0.15, -0.1) is 11.8 Å². The lowest BCUT2D eigenvalue weighted by atomic mass is 10.1. The number of aliphatic hydroxyl groups is 1. The molecule has 2 atom stereocenters. The van der Waals surface area contributed by atoms with E-state index in [9.17, 15) is 19.5 Å². The summed E-state index contributed by atoms with van der Waals surface area (Å²) in [7, 11) is 0. The maximum absolute atomic E-state index is 12.1. The van der Waals surface area contributed by atoms with Crippen LogP contribution in [0.2, 0.25) is 0 Å². The van der Waals surface area contributed by atoms with E-state index in [0.29, 0.717) is 18.4 Å². The second-order valence-electron chi connectivity index (χ2n) is 9.68. The SMILES string of the molecule is CCCCCCCCCCCC/C=C\[C@@H](Sc1ccc(C(=O)CCC(=O)O)cc1)[C@@H](O)CCCC(=O)O. The molecule has 0 radical (unpaired) electrons. The predicted octanol–water partition coefficient (Wildman–Crippen LogP) is 7.68. The number of aliphatic hydroxyl groups excluding tert-OH is 1. The molecular formula is C30H46O6S. The fourth-order valence-electron chi connectivity index (χ4n) is 4.09. The number of carboxylic acid groups (broad SMARTS) is 2. The van der Waals surface area contributed by atoms with Gasteiger partial charge in [-0.2, -0.15) is 0 Å². The maximum Gasteiger partial charge on any atom is 0.303 e. The Balaban J connectivity index is 2.53. The highest BCUT2D eigenvalue weighted by Crippen LogP contribution is 2.29. The number of hydrogen-bond acceptors (Lipinski definition) is 5. The van der Waals surface area contributed by atoms with Gasteiger partial charge in [-0.3, -0.25) is 14.4 Å². The topological polar surface area (TPSA) is 112 Å². The predicted molar refractivity (Wildman–Crippen MR) is 150 cm³/mol. The molecule has 0 saturated heterocycles. The van der Waals surface area contributed by atoms with Crippen LogP contribution < -0.4 is 0 Å². The number of hydrogen-bond donors (Lipinski definition) is 3. The Morgan fingerprint density at radius 3 is 1.92 bits per heavy atom. The Labute approximate surface area is 226 Å². The highest BCUT2D eigenvalue weighted by molar-refractivity contribution is 8.00. The van der Waals surface area contributed by atoms with Crippen molar-refractivity contribution in [2.24, 2.45) is 0 Å². The smallest absolute Gasteiger partial charge is 0.303 e. The second kappa shape index (κ2) is 20.9.